The van der Waals surface area contributed by atoms with E-state index in [0.717, 1.165) is 81.9 Å². The first-order valence-electron chi connectivity index (χ1n) is 13.4. The second-order valence-corrected chi connectivity index (χ2v) is 10.0. The van der Waals surface area contributed by atoms with Crippen LogP contribution in [0.25, 0.3) is 0 Å². The third-order valence-electron chi connectivity index (χ3n) is 6.63. The quantitative estimate of drug-likeness (QED) is 0.476. The maximum absolute atomic E-state index is 13.1. The summed E-state index contributed by atoms with van der Waals surface area (Å²) >= 11 is 0. The van der Waals surface area contributed by atoms with Crippen LogP contribution in [0.15, 0.2) is 36.4 Å². The van der Waals surface area contributed by atoms with E-state index in [1.54, 1.807) is 0 Å². The molecule has 43 heavy (non-hydrogen) atoms. The molecule has 1 amide bonds. The SMILES string of the molecule is CN(C)c1nc2c(cc1C(=O)N1CCCC1)CCN(CCc1ccccc1)CC2.O=C(O)C(F)(F)F.O=C(O)C(F)(F)F. The van der Waals surface area contributed by atoms with Gasteiger partial charge < -0.3 is 24.9 Å². The number of nitrogens with zero attached hydrogens (tertiary/aromatic N) is 4. The summed E-state index contributed by atoms with van der Waals surface area (Å²) in [5, 5.41) is 14.2. The third-order valence-corrected chi connectivity index (χ3v) is 6.63. The lowest BCUT2D eigenvalue weighted by molar-refractivity contribution is -0.193. The minimum absolute atomic E-state index is 0.145. The number of fused-ring (bicyclic) bond motifs is 1. The Hall–Kier alpha value is -3.88. The van der Waals surface area contributed by atoms with Crippen molar-refractivity contribution < 1.29 is 50.9 Å². The van der Waals surface area contributed by atoms with Crippen molar-refractivity contribution >= 4 is 23.7 Å². The summed E-state index contributed by atoms with van der Waals surface area (Å²) in [6, 6.07) is 12.8. The maximum Gasteiger partial charge on any atom is 0.490 e. The van der Waals surface area contributed by atoms with Gasteiger partial charge in [0.15, 0.2) is 0 Å². The predicted octanol–water partition coefficient (Wildman–Crippen LogP) is 4.29. The number of hydrogen-bond donors (Lipinski definition) is 2. The molecular formula is C28H34F6N4O5. The molecule has 15 heteroatoms. The molecule has 2 N–H and O–H groups in total. The van der Waals surface area contributed by atoms with E-state index in [1.807, 2.05) is 23.9 Å². The molecule has 1 fully saturated rings. The van der Waals surface area contributed by atoms with Gasteiger partial charge >= 0.3 is 24.3 Å². The van der Waals surface area contributed by atoms with Gasteiger partial charge in [0, 0.05) is 58.9 Å². The van der Waals surface area contributed by atoms with Crippen molar-refractivity contribution in [3.8, 4) is 0 Å². The molecule has 238 valence electrons. The van der Waals surface area contributed by atoms with Gasteiger partial charge in [-0.2, -0.15) is 26.3 Å². The van der Waals surface area contributed by atoms with Gasteiger partial charge in [-0.15, -0.1) is 0 Å². The highest BCUT2D eigenvalue weighted by Crippen LogP contribution is 2.26. The summed E-state index contributed by atoms with van der Waals surface area (Å²) in [4.78, 5) is 42.4. The molecule has 2 aliphatic heterocycles. The first-order valence-corrected chi connectivity index (χ1v) is 13.4. The number of carbonyl (C=O) groups is 3. The number of rotatable bonds is 5. The fourth-order valence-electron chi connectivity index (χ4n) is 4.41. The molecule has 2 aromatic rings. The molecule has 3 heterocycles. The largest absolute Gasteiger partial charge is 0.490 e. The number of hydrogen-bond acceptors (Lipinski definition) is 6. The zero-order valence-electron chi connectivity index (χ0n) is 23.7. The van der Waals surface area contributed by atoms with Crippen molar-refractivity contribution in [3.05, 3.63) is 58.8 Å². The van der Waals surface area contributed by atoms with Crippen LogP contribution >= 0.6 is 0 Å². The van der Waals surface area contributed by atoms with Crippen LogP contribution in [0.1, 0.15) is 40.0 Å². The molecule has 0 atom stereocenters. The van der Waals surface area contributed by atoms with Gasteiger partial charge in [-0.1, -0.05) is 30.3 Å². The second-order valence-electron chi connectivity index (χ2n) is 10.0. The van der Waals surface area contributed by atoms with E-state index in [-0.39, 0.29) is 5.91 Å². The van der Waals surface area contributed by atoms with Crippen LogP contribution < -0.4 is 4.90 Å². The lowest BCUT2D eigenvalue weighted by Crippen LogP contribution is -2.30. The van der Waals surface area contributed by atoms with E-state index < -0.39 is 24.3 Å². The first kappa shape index (κ1) is 35.3. The lowest BCUT2D eigenvalue weighted by atomic mass is 10.0. The summed E-state index contributed by atoms with van der Waals surface area (Å²) < 4.78 is 63.5. The molecule has 2 aliphatic rings. The van der Waals surface area contributed by atoms with Crippen molar-refractivity contribution in [2.45, 2.75) is 44.5 Å². The number of anilines is 1. The van der Waals surface area contributed by atoms with Crippen LogP contribution in [0, 0.1) is 0 Å². The van der Waals surface area contributed by atoms with Crippen LogP contribution in [0.2, 0.25) is 0 Å². The number of carbonyl (C=O) groups excluding carboxylic acids is 1. The lowest BCUT2D eigenvalue weighted by Gasteiger charge is -2.22. The molecule has 1 aromatic heterocycles. The minimum Gasteiger partial charge on any atom is -0.475 e. The van der Waals surface area contributed by atoms with Gasteiger partial charge in [0.2, 0.25) is 0 Å². The highest BCUT2D eigenvalue weighted by atomic mass is 19.4. The first-order chi connectivity index (χ1) is 20.0. The van der Waals surface area contributed by atoms with Crippen LogP contribution in [0.4, 0.5) is 32.2 Å². The number of amides is 1. The smallest absolute Gasteiger partial charge is 0.475 e. The highest BCUT2D eigenvalue weighted by molar-refractivity contribution is 5.99. The zero-order chi connectivity index (χ0) is 32.4. The standard InChI is InChI=1S/C24H32N4O.2C2HF3O2/c1-26(2)23-21(24(29)28-13-6-7-14-28)18-20-11-16-27(17-12-22(20)25-23)15-10-19-8-4-3-5-9-19;2*3-2(4,5)1(6)7/h3-5,8-9,18H,6-7,10-17H2,1-2H3;2*(H,6,7). The molecule has 1 aromatic carbocycles. The molecule has 9 nitrogen and oxygen atoms in total. The topological polar surface area (TPSA) is 114 Å². The number of benzene rings is 1. The fourth-order valence-corrected chi connectivity index (χ4v) is 4.41. The Morgan fingerprint density at radius 2 is 1.37 bits per heavy atom. The number of carboxylic acids is 2. The summed E-state index contributed by atoms with van der Waals surface area (Å²) in [5.74, 6) is -4.55. The molecular weight excluding hydrogens is 586 g/mol. The van der Waals surface area contributed by atoms with Crippen LogP contribution in [-0.2, 0) is 28.9 Å². The van der Waals surface area contributed by atoms with Crippen LogP contribution in [0.5, 0.6) is 0 Å². The normalized spacial score (nSPS) is 15.2. The number of aliphatic carboxylic acids is 2. The molecule has 0 saturated carbocycles. The van der Waals surface area contributed by atoms with Crippen molar-refractivity contribution in [2.75, 3.05) is 51.7 Å². The van der Waals surface area contributed by atoms with Gasteiger partial charge in [-0.25, -0.2) is 14.6 Å². The number of pyridine rings is 1. The molecule has 0 spiro atoms. The number of aromatic nitrogens is 1. The fraction of sp³-hybridized carbons (Fsp3) is 0.500. The highest BCUT2D eigenvalue weighted by Gasteiger charge is 2.39. The Labute approximate surface area is 244 Å². The van der Waals surface area contributed by atoms with E-state index >= 15 is 0 Å². The monoisotopic (exact) mass is 620 g/mol. The predicted molar refractivity (Wildman–Crippen MR) is 145 cm³/mol. The van der Waals surface area contributed by atoms with Crippen LogP contribution in [-0.4, -0.2) is 102 Å². The summed E-state index contributed by atoms with van der Waals surface area (Å²) in [6.45, 7) is 4.86. The number of likely N-dealkylation sites (tertiary alicyclic amines) is 1. The maximum atomic E-state index is 13.1. The minimum atomic E-state index is -5.08. The van der Waals surface area contributed by atoms with Gasteiger partial charge in [-0.05, 0) is 42.9 Å². The van der Waals surface area contributed by atoms with Gasteiger partial charge in [-0.3, -0.25) is 4.79 Å². The summed E-state index contributed by atoms with van der Waals surface area (Å²) in [6.07, 6.45) is -4.96. The van der Waals surface area contributed by atoms with Gasteiger partial charge in [0.1, 0.15) is 5.82 Å². The van der Waals surface area contributed by atoms with E-state index in [2.05, 4.69) is 41.3 Å². The molecule has 0 radical (unpaired) electrons. The average molecular weight is 621 g/mol. The number of alkyl halides is 6. The second kappa shape index (κ2) is 15.5. The van der Waals surface area contributed by atoms with Crippen molar-refractivity contribution in [3.63, 3.8) is 0 Å². The Balaban J connectivity index is 0.000000384. The van der Waals surface area contributed by atoms with E-state index in [9.17, 15) is 31.1 Å². The van der Waals surface area contributed by atoms with Gasteiger partial charge in [0.05, 0.1) is 5.56 Å². The number of carboxylic acid groups (broad SMARTS) is 2. The van der Waals surface area contributed by atoms with Crippen molar-refractivity contribution in [1.82, 2.24) is 14.8 Å². The Bertz CT molecular complexity index is 1210. The molecule has 0 unspecified atom stereocenters. The Morgan fingerprint density at radius 1 is 0.860 bits per heavy atom. The van der Waals surface area contributed by atoms with Crippen molar-refractivity contribution in [1.29, 1.82) is 0 Å². The average Bonchev–Trinajstić information content (AvgIpc) is 3.40. The Morgan fingerprint density at radius 3 is 1.86 bits per heavy atom. The molecule has 4 rings (SSSR count). The zero-order valence-corrected chi connectivity index (χ0v) is 23.7. The van der Waals surface area contributed by atoms with E-state index in [1.165, 1.54) is 11.1 Å². The van der Waals surface area contributed by atoms with Gasteiger partial charge in [0.25, 0.3) is 5.91 Å². The van der Waals surface area contributed by atoms with E-state index in [4.69, 9.17) is 24.8 Å². The van der Waals surface area contributed by atoms with E-state index in [0.29, 0.717) is 0 Å². The molecule has 0 aliphatic carbocycles. The Kier molecular flexibility index (Phi) is 12.8. The third kappa shape index (κ3) is 11.4. The summed E-state index contributed by atoms with van der Waals surface area (Å²) in [5.41, 5.74) is 4.57. The summed E-state index contributed by atoms with van der Waals surface area (Å²) in [7, 11) is 3.97. The molecule has 0 bridgehead atoms. The van der Waals surface area contributed by atoms with Crippen molar-refractivity contribution in [2.24, 2.45) is 0 Å². The molecule has 1 saturated heterocycles. The number of halogens is 6. The van der Waals surface area contributed by atoms with Crippen LogP contribution in [0.3, 0.4) is 0 Å².